The summed E-state index contributed by atoms with van der Waals surface area (Å²) in [6, 6.07) is -1.05. The van der Waals surface area contributed by atoms with Gasteiger partial charge in [0, 0.05) is 0 Å². The van der Waals surface area contributed by atoms with E-state index in [1.807, 2.05) is 33.9 Å². The highest BCUT2D eigenvalue weighted by Crippen LogP contribution is 2.36. The number of carbonyl (C=O) groups is 3. The lowest BCUT2D eigenvalue weighted by Gasteiger charge is -2.36. The minimum atomic E-state index is -2.36. The van der Waals surface area contributed by atoms with E-state index in [1.54, 1.807) is 13.8 Å². The molecular formula is C15H30N2O6Si. The second kappa shape index (κ2) is 9.51. The van der Waals surface area contributed by atoms with Crippen molar-refractivity contribution in [1.29, 1.82) is 0 Å². The largest absolute Gasteiger partial charge is 0.518 e. The van der Waals surface area contributed by atoms with Crippen LogP contribution in [0.4, 0.5) is 9.59 Å². The third-order valence-electron chi connectivity index (χ3n) is 3.74. The summed E-state index contributed by atoms with van der Waals surface area (Å²) in [6.45, 7) is 13.4. The summed E-state index contributed by atoms with van der Waals surface area (Å²) in [5.41, 5.74) is 0. The second-order valence-corrected chi connectivity index (χ2v) is 11.4. The molecular weight excluding hydrogens is 332 g/mol. The van der Waals surface area contributed by atoms with E-state index in [4.69, 9.17) is 13.9 Å². The van der Waals surface area contributed by atoms with Gasteiger partial charge in [-0.05, 0) is 32.0 Å². The highest BCUT2D eigenvalue weighted by atomic mass is 28.4. The molecule has 0 saturated heterocycles. The number of alkyl carbamates (subject to hydrolysis) is 2. The first kappa shape index (κ1) is 22.2. The molecule has 8 nitrogen and oxygen atoms in total. The highest BCUT2D eigenvalue weighted by molar-refractivity contribution is 6.75. The maximum absolute atomic E-state index is 12.5. The molecule has 0 aliphatic carbocycles. The second-order valence-electron chi connectivity index (χ2n) is 6.70. The molecule has 0 saturated carbocycles. The third kappa shape index (κ3) is 7.67. The van der Waals surface area contributed by atoms with Gasteiger partial charge in [-0.25, -0.2) is 9.59 Å². The SMILES string of the molecule is CCOC(=O)NCC(NC(=O)OCC)C(=O)O[Si](C)(C)C(C)(C)C. The van der Waals surface area contributed by atoms with Crippen LogP contribution >= 0.6 is 0 Å². The average Bonchev–Trinajstić information content (AvgIpc) is 2.42. The normalized spacial score (nSPS) is 12.8. The van der Waals surface area contributed by atoms with Crippen LogP contribution in [-0.2, 0) is 18.7 Å². The van der Waals surface area contributed by atoms with Crippen molar-refractivity contribution in [2.45, 2.75) is 58.8 Å². The molecule has 0 radical (unpaired) electrons. The van der Waals surface area contributed by atoms with Crippen LogP contribution in [0.5, 0.6) is 0 Å². The molecule has 9 heteroatoms. The van der Waals surface area contributed by atoms with Crippen molar-refractivity contribution in [3.63, 3.8) is 0 Å². The Kier molecular flexibility index (Phi) is 8.80. The van der Waals surface area contributed by atoms with Crippen LogP contribution in [0.3, 0.4) is 0 Å². The van der Waals surface area contributed by atoms with E-state index in [2.05, 4.69) is 10.6 Å². The first-order valence-corrected chi connectivity index (χ1v) is 10.9. The fraction of sp³-hybridized carbons (Fsp3) is 0.800. The predicted molar refractivity (Wildman–Crippen MR) is 92.3 cm³/mol. The Balaban J connectivity index is 4.98. The van der Waals surface area contributed by atoms with Crippen molar-refractivity contribution in [3.8, 4) is 0 Å². The van der Waals surface area contributed by atoms with Crippen molar-refractivity contribution in [2.75, 3.05) is 19.8 Å². The lowest BCUT2D eigenvalue weighted by atomic mass is 10.2. The van der Waals surface area contributed by atoms with Gasteiger partial charge in [-0.3, -0.25) is 4.79 Å². The van der Waals surface area contributed by atoms with Gasteiger partial charge in [0.2, 0.25) is 0 Å². The van der Waals surface area contributed by atoms with Gasteiger partial charge >= 0.3 is 18.2 Å². The van der Waals surface area contributed by atoms with E-state index < -0.39 is 32.5 Å². The monoisotopic (exact) mass is 362 g/mol. The van der Waals surface area contributed by atoms with Crippen LogP contribution < -0.4 is 10.6 Å². The number of ether oxygens (including phenoxy) is 2. The Labute approximate surface area is 144 Å². The number of hydrogen-bond acceptors (Lipinski definition) is 6. The van der Waals surface area contributed by atoms with Gasteiger partial charge in [-0.1, -0.05) is 20.8 Å². The lowest BCUT2D eigenvalue weighted by molar-refractivity contribution is -0.137. The van der Waals surface area contributed by atoms with Crippen LogP contribution in [0.2, 0.25) is 18.1 Å². The summed E-state index contributed by atoms with van der Waals surface area (Å²) in [4.78, 5) is 35.5. The van der Waals surface area contributed by atoms with Crippen molar-refractivity contribution >= 4 is 26.5 Å². The zero-order chi connectivity index (χ0) is 19.0. The molecule has 1 atom stereocenters. The summed E-state index contributed by atoms with van der Waals surface area (Å²) in [5.74, 6) is -0.605. The van der Waals surface area contributed by atoms with Crippen molar-refractivity contribution < 1.29 is 28.3 Å². The van der Waals surface area contributed by atoms with Gasteiger partial charge in [0.15, 0.2) is 0 Å². The fourth-order valence-electron chi connectivity index (χ4n) is 1.35. The molecule has 0 spiro atoms. The molecule has 0 aromatic rings. The minimum Gasteiger partial charge on any atom is -0.518 e. The fourth-order valence-corrected chi connectivity index (χ4v) is 2.30. The van der Waals surface area contributed by atoms with E-state index in [0.29, 0.717) is 0 Å². The molecule has 140 valence electrons. The van der Waals surface area contributed by atoms with E-state index >= 15 is 0 Å². The Bertz CT molecular complexity index is 448. The molecule has 0 bridgehead atoms. The van der Waals surface area contributed by atoms with Crippen LogP contribution in [0, 0.1) is 0 Å². The number of nitrogens with one attached hydrogen (secondary N) is 2. The first-order chi connectivity index (χ1) is 10.9. The van der Waals surface area contributed by atoms with Crippen molar-refractivity contribution in [3.05, 3.63) is 0 Å². The molecule has 1 unspecified atom stereocenters. The molecule has 0 aromatic heterocycles. The molecule has 2 N–H and O–H groups in total. The summed E-state index contributed by atoms with van der Waals surface area (Å²) in [7, 11) is -2.36. The smallest absolute Gasteiger partial charge is 0.407 e. The standard InChI is InChI=1S/C15H30N2O6Si/c1-8-21-13(19)16-10-11(17-14(20)22-9-2)12(18)23-24(6,7)15(3,4)5/h11H,8-10H2,1-7H3,(H,16,19)(H,17,20). The maximum atomic E-state index is 12.5. The number of hydrogen-bond donors (Lipinski definition) is 2. The molecule has 0 rings (SSSR count). The third-order valence-corrected chi connectivity index (χ3v) is 8.06. The average molecular weight is 362 g/mol. The number of carbonyl (C=O) groups excluding carboxylic acids is 3. The van der Waals surface area contributed by atoms with Crippen LogP contribution in [-0.4, -0.2) is 52.3 Å². The minimum absolute atomic E-state index is 0.148. The highest BCUT2D eigenvalue weighted by Gasteiger charge is 2.42. The molecule has 0 fully saturated rings. The van der Waals surface area contributed by atoms with E-state index in [0.717, 1.165) is 0 Å². The van der Waals surface area contributed by atoms with Crippen molar-refractivity contribution in [2.24, 2.45) is 0 Å². The Hall–Kier alpha value is -1.77. The summed E-state index contributed by atoms with van der Waals surface area (Å²) >= 11 is 0. The lowest BCUT2D eigenvalue weighted by Crippen LogP contribution is -2.53. The van der Waals surface area contributed by atoms with E-state index in [1.165, 1.54) is 0 Å². The molecule has 0 aromatic carbocycles. The first-order valence-electron chi connectivity index (χ1n) is 8.01. The van der Waals surface area contributed by atoms with Crippen LogP contribution in [0.1, 0.15) is 34.6 Å². The molecule has 0 aliphatic rings. The predicted octanol–water partition coefficient (Wildman–Crippen LogP) is 2.40. The van der Waals surface area contributed by atoms with Crippen LogP contribution in [0.15, 0.2) is 0 Å². The number of amides is 2. The Morgan fingerprint density at radius 3 is 1.96 bits per heavy atom. The van der Waals surface area contributed by atoms with Crippen LogP contribution in [0.25, 0.3) is 0 Å². The summed E-state index contributed by atoms with van der Waals surface area (Å²) < 4.78 is 15.2. The number of rotatable bonds is 7. The maximum Gasteiger partial charge on any atom is 0.407 e. The Morgan fingerprint density at radius 2 is 1.50 bits per heavy atom. The van der Waals surface area contributed by atoms with Gasteiger partial charge in [-0.2, -0.15) is 0 Å². The molecule has 0 heterocycles. The zero-order valence-corrected chi connectivity index (χ0v) is 16.6. The summed E-state index contributed by atoms with van der Waals surface area (Å²) in [6.07, 6.45) is -1.42. The van der Waals surface area contributed by atoms with E-state index in [-0.39, 0.29) is 24.8 Å². The van der Waals surface area contributed by atoms with Gasteiger partial charge < -0.3 is 24.5 Å². The van der Waals surface area contributed by atoms with Crippen molar-refractivity contribution in [1.82, 2.24) is 10.6 Å². The molecule has 0 aliphatic heterocycles. The molecule has 2 amide bonds. The quantitative estimate of drug-likeness (QED) is 0.674. The molecule has 24 heavy (non-hydrogen) atoms. The van der Waals surface area contributed by atoms with E-state index in [9.17, 15) is 14.4 Å². The summed E-state index contributed by atoms with van der Waals surface area (Å²) in [5, 5.41) is 4.65. The topological polar surface area (TPSA) is 103 Å². The Morgan fingerprint density at radius 1 is 1.00 bits per heavy atom. The van der Waals surface area contributed by atoms with Gasteiger partial charge in [0.1, 0.15) is 6.04 Å². The van der Waals surface area contributed by atoms with Gasteiger partial charge in [-0.15, -0.1) is 0 Å². The van der Waals surface area contributed by atoms with Gasteiger partial charge in [0.25, 0.3) is 8.32 Å². The van der Waals surface area contributed by atoms with Gasteiger partial charge in [0.05, 0.1) is 19.8 Å². The zero-order valence-electron chi connectivity index (χ0n) is 15.6.